The molecule has 3 nitrogen and oxygen atoms in total. The van der Waals surface area contributed by atoms with E-state index >= 15 is 0 Å². The molecule has 2 aromatic rings. The van der Waals surface area contributed by atoms with Crippen molar-refractivity contribution in [2.45, 2.75) is 13.0 Å². The van der Waals surface area contributed by atoms with Gasteiger partial charge in [-0.2, -0.15) is 0 Å². The Morgan fingerprint density at radius 2 is 1.75 bits per heavy atom. The van der Waals surface area contributed by atoms with Crippen LogP contribution in [-0.2, 0) is 13.0 Å². The predicted octanol–water partition coefficient (Wildman–Crippen LogP) is 2.83. The second kappa shape index (κ2) is 6.96. The highest BCUT2D eigenvalue weighted by atomic mass is 16.5. The fourth-order valence-corrected chi connectivity index (χ4v) is 2.17. The van der Waals surface area contributed by atoms with E-state index in [-0.39, 0.29) is 0 Å². The van der Waals surface area contributed by atoms with E-state index in [1.54, 1.807) is 0 Å². The van der Waals surface area contributed by atoms with Crippen LogP contribution in [0.4, 0.5) is 5.69 Å². The van der Waals surface area contributed by atoms with E-state index in [1.807, 2.05) is 32.3 Å². The van der Waals surface area contributed by atoms with Gasteiger partial charge in [-0.3, -0.25) is 0 Å². The molecule has 106 valence electrons. The van der Waals surface area contributed by atoms with Crippen LogP contribution in [0.2, 0.25) is 0 Å². The third kappa shape index (κ3) is 3.52. The molecular formula is C17H22N2O. The number of ether oxygens (including phenoxy) is 1. The average Bonchev–Trinajstić information content (AvgIpc) is 2.47. The molecular weight excluding hydrogens is 248 g/mol. The number of hydrogen-bond donors (Lipinski definition) is 1. The summed E-state index contributed by atoms with van der Waals surface area (Å²) in [6.07, 6.45) is 0.825. The van der Waals surface area contributed by atoms with Gasteiger partial charge >= 0.3 is 0 Å². The minimum Gasteiger partial charge on any atom is -0.486 e. The molecule has 0 amide bonds. The molecule has 2 rings (SSSR count). The minimum absolute atomic E-state index is 0.573. The largest absolute Gasteiger partial charge is 0.486 e. The zero-order chi connectivity index (χ0) is 14.4. The molecule has 0 saturated carbocycles. The van der Waals surface area contributed by atoms with Gasteiger partial charge in [-0.05, 0) is 30.2 Å². The van der Waals surface area contributed by atoms with Crippen molar-refractivity contribution in [2.24, 2.45) is 5.73 Å². The second-order valence-electron chi connectivity index (χ2n) is 4.97. The molecule has 0 bridgehead atoms. The number of nitrogens with two attached hydrogens (primary N) is 1. The summed E-state index contributed by atoms with van der Waals surface area (Å²) in [6.45, 7) is 1.20. The molecule has 0 aliphatic carbocycles. The van der Waals surface area contributed by atoms with E-state index in [4.69, 9.17) is 10.5 Å². The lowest BCUT2D eigenvalue weighted by Crippen LogP contribution is -2.13. The van der Waals surface area contributed by atoms with Gasteiger partial charge in [-0.25, -0.2) is 0 Å². The smallest absolute Gasteiger partial charge is 0.146 e. The fourth-order valence-electron chi connectivity index (χ4n) is 2.17. The molecule has 2 N–H and O–H groups in total. The van der Waals surface area contributed by atoms with Crippen LogP contribution >= 0.6 is 0 Å². The van der Waals surface area contributed by atoms with Crippen LogP contribution in [0.5, 0.6) is 5.75 Å². The van der Waals surface area contributed by atoms with Crippen LogP contribution in [0.15, 0.2) is 48.5 Å². The Hall–Kier alpha value is -2.00. The Kier molecular flexibility index (Phi) is 5.02. The first-order valence-electron chi connectivity index (χ1n) is 6.88. The van der Waals surface area contributed by atoms with E-state index in [0.717, 1.165) is 23.4 Å². The van der Waals surface area contributed by atoms with Gasteiger partial charge in [0.2, 0.25) is 0 Å². The zero-order valence-electron chi connectivity index (χ0n) is 12.2. The molecule has 0 unspecified atom stereocenters. The Morgan fingerprint density at radius 3 is 2.40 bits per heavy atom. The summed E-state index contributed by atoms with van der Waals surface area (Å²) in [5, 5.41) is 0. The third-order valence-corrected chi connectivity index (χ3v) is 3.20. The van der Waals surface area contributed by atoms with Crippen molar-refractivity contribution in [3.05, 3.63) is 59.7 Å². The number of anilines is 1. The first kappa shape index (κ1) is 14.4. The van der Waals surface area contributed by atoms with Crippen LogP contribution in [0.25, 0.3) is 0 Å². The summed E-state index contributed by atoms with van der Waals surface area (Å²) in [5.41, 5.74) is 9.11. The molecule has 2 aromatic carbocycles. The van der Waals surface area contributed by atoms with Gasteiger partial charge in [0.1, 0.15) is 12.4 Å². The summed E-state index contributed by atoms with van der Waals surface area (Å²) < 4.78 is 6.07. The summed E-state index contributed by atoms with van der Waals surface area (Å²) in [4.78, 5) is 2.07. The molecule has 0 aliphatic heterocycles. The zero-order valence-corrected chi connectivity index (χ0v) is 12.2. The summed E-state index contributed by atoms with van der Waals surface area (Å²) in [7, 11) is 4.05. The summed E-state index contributed by atoms with van der Waals surface area (Å²) in [6, 6.07) is 16.4. The topological polar surface area (TPSA) is 38.5 Å². The Morgan fingerprint density at radius 1 is 1.00 bits per heavy atom. The van der Waals surface area contributed by atoms with Crippen molar-refractivity contribution >= 4 is 5.69 Å². The van der Waals surface area contributed by atoms with Crippen molar-refractivity contribution in [3.63, 3.8) is 0 Å². The van der Waals surface area contributed by atoms with Crippen LogP contribution in [0.3, 0.4) is 0 Å². The Labute approximate surface area is 121 Å². The number of rotatable bonds is 6. The summed E-state index contributed by atoms with van der Waals surface area (Å²) >= 11 is 0. The summed E-state index contributed by atoms with van der Waals surface area (Å²) in [5.74, 6) is 0.937. The lowest BCUT2D eigenvalue weighted by Gasteiger charge is -2.20. The van der Waals surface area contributed by atoms with Crippen molar-refractivity contribution in [1.29, 1.82) is 0 Å². The van der Waals surface area contributed by atoms with Gasteiger partial charge < -0.3 is 15.4 Å². The molecule has 20 heavy (non-hydrogen) atoms. The number of nitrogens with zero attached hydrogens (tertiary/aromatic N) is 1. The van der Waals surface area contributed by atoms with Gasteiger partial charge in [0, 0.05) is 14.1 Å². The highest BCUT2D eigenvalue weighted by Gasteiger charge is 2.11. The van der Waals surface area contributed by atoms with Crippen molar-refractivity contribution in [3.8, 4) is 5.75 Å². The van der Waals surface area contributed by atoms with Crippen LogP contribution < -0.4 is 15.4 Å². The van der Waals surface area contributed by atoms with Gasteiger partial charge in [-0.1, -0.05) is 42.5 Å². The normalized spacial score (nSPS) is 10.3. The number of hydrogen-bond acceptors (Lipinski definition) is 3. The average molecular weight is 270 g/mol. The minimum atomic E-state index is 0.573. The van der Waals surface area contributed by atoms with E-state index in [1.165, 1.54) is 5.56 Å². The number of benzene rings is 2. The SMILES string of the molecule is CN(C)c1cccc(CCN)c1OCc1ccccc1. The molecule has 0 aromatic heterocycles. The van der Waals surface area contributed by atoms with Gasteiger partial charge in [0.25, 0.3) is 0 Å². The quantitative estimate of drug-likeness (QED) is 0.877. The fraction of sp³-hybridized carbons (Fsp3) is 0.294. The Bertz CT molecular complexity index is 538. The van der Waals surface area contributed by atoms with E-state index in [0.29, 0.717) is 13.2 Å². The first-order chi connectivity index (χ1) is 9.72. The van der Waals surface area contributed by atoms with Crippen molar-refractivity contribution < 1.29 is 4.74 Å². The van der Waals surface area contributed by atoms with Gasteiger partial charge in [0.15, 0.2) is 0 Å². The molecule has 0 atom stereocenters. The van der Waals surface area contributed by atoms with E-state index in [9.17, 15) is 0 Å². The molecule has 0 fully saturated rings. The molecule has 0 spiro atoms. The standard InChI is InChI=1S/C17H22N2O/c1-19(2)16-10-6-9-15(11-12-18)17(16)20-13-14-7-4-3-5-8-14/h3-10H,11-13,18H2,1-2H3. The maximum Gasteiger partial charge on any atom is 0.146 e. The third-order valence-electron chi connectivity index (χ3n) is 3.20. The van der Waals surface area contributed by atoms with Crippen molar-refractivity contribution in [1.82, 2.24) is 0 Å². The van der Waals surface area contributed by atoms with E-state index in [2.05, 4.69) is 35.2 Å². The maximum atomic E-state index is 6.07. The van der Waals surface area contributed by atoms with Crippen molar-refractivity contribution in [2.75, 3.05) is 25.5 Å². The Balaban J connectivity index is 2.23. The maximum absolute atomic E-state index is 6.07. The molecule has 0 saturated heterocycles. The molecule has 0 heterocycles. The van der Waals surface area contributed by atoms with E-state index < -0.39 is 0 Å². The molecule has 0 aliphatic rings. The monoisotopic (exact) mass is 270 g/mol. The van der Waals surface area contributed by atoms with Crippen LogP contribution in [0, 0.1) is 0 Å². The van der Waals surface area contributed by atoms with Gasteiger partial charge in [-0.15, -0.1) is 0 Å². The molecule has 0 radical (unpaired) electrons. The molecule has 3 heteroatoms. The highest BCUT2D eigenvalue weighted by Crippen LogP contribution is 2.32. The highest BCUT2D eigenvalue weighted by molar-refractivity contribution is 5.61. The first-order valence-corrected chi connectivity index (χ1v) is 6.88. The van der Waals surface area contributed by atoms with Gasteiger partial charge in [0.05, 0.1) is 5.69 Å². The lowest BCUT2D eigenvalue weighted by atomic mass is 10.1. The predicted molar refractivity (Wildman–Crippen MR) is 84.3 cm³/mol. The number of para-hydroxylation sites is 1. The second-order valence-corrected chi connectivity index (χ2v) is 4.97. The van der Waals surface area contributed by atoms with Crippen LogP contribution in [-0.4, -0.2) is 20.6 Å². The van der Waals surface area contributed by atoms with Crippen LogP contribution in [0.1, 0.15) is 11.1 Å². The lowest BCUT2D eigenvalue weighted by molar-refractivity contribution is 0.304.